The van der Waals surface area contributed by atoms with Crippen molar-refractivity contribution in [2.75, 3.05) is 40.9 Å². The zero-order valence-corrected chi connectivity index (χ0v) is 56.8. The second-order valence-corrected chi connectivity index (χ2v) is 27.3. The fraction of sp³-hybridized carbons (Fsp3) is 0.851. The molecule has 0 spiro atoms. The van der Waals surface area contributed by atoms with Gasteiger partial charge in [0.2, 0.25) is 5.91 Å². The lowest BCUT2D eigenvalue weighted by Gasteiger charge is -2.29. The highest BCUT2D eigenvalue weighted by Crippen LogP contribution is 2.38. The van der Waals surface area contributed by atoms with E-state index >= 15 is 0 Å². The van der Waals surface area contributed by atoms with Crippen molar-refractivity contribution in [2.24, 2.45) is 0 Å². The van der Waals surface area contributed by atoms with Gasteiger partial charge in [-0.05, 0) is 57.8 Å². The Morgan fingerprint density at radius 1 is 0.434 bits per heavy atom. The highest BCUT2D eigenvalue weighted by molar-refractivity contribution is 7.45. The van der Waals surface area contributed by atoms with Gasteiger partial charge >= 0.3 is 0 Å². The molecule has 0 aliphatic carbocycles. The van der Waals surface area contributed by atoms with E-state index in [9.17, 15) is 19.4 Å². The molecule has 2 N–H and O–H groups in total. The normalized spacial score (nSPS) is 14.0. The third-order valence-corrected chi connectivity index (χ3v) is 17.4. The lowest BCUT2D eigenvalue weighted by atomic mass is 10.0. The predicted molar refractivity (Wildman–Crippen MR) is 362 cm³/mol. The number of phosphoric acid groups is 1. The van der Waals surface area contributed by atoms with Crippen molar-refractivity contribution in [2.45, 2.75) is 366 Å². The molecule has 1 amide bonds. The van der Waals surface area contributed by atoms with E-state index in [1.807, 2.05) is 27.2 Å². The van der Waals surface area contributed by atoms with Gasteiger partial charge in [0.1, 0.15) is 13.2 Å². The van der Waals surface area contributed by atoms with Gasteiger partial charge in [0.25, 0.3) is 7.82 Å². The Hall–Kier alpha value is -1.80. The zero-order chi connectivity index (χ0) is 60.5. The van der Waals surface area contributed by atoms with Crippen LogP contribution in [-0.2, 0) is 18.4 Å². The summed E-state index contributed by atoms with van der Waals surface area (Å²) in [4.78, 5) is 25.6. The van der Waals surface area contributed by atoms with Crippen molar-refractivity contribution < 1.29 is 32.9 Å². The van der Waals surface area contributed by atoms with Crippen LogP contribution >= 0.6 is 7.82 Å². The van der Waals surface area contributed by atoms with Crippen LogP contribution in [0.15, 0.2) is 60.8 Å². The molecule has 83 heavy (non-hydrogen) atoms. The first kappa shape index (κ1) is 81.2. The summed E-state index contributed by atoms with van der Waals surface area (Å²) in [5, 5.41) is 14.0. The number of likely N-dealkylation sites (N-methyl/N-ethyl adjacent to an activating group) is 1. The molecule has 0 heterocycles. The van der Waals surface area contributed by atoms with Crippen molar-refractivity contribution in [1.29, 1.82) is 0 Å². The molecule has 0 radical (unpaired) electrons. The van der Waals surface area contributed by atoms with E-state index in [1.54, 1.807) is 6.08 Å². The Balaban J connectivity index is 3.94. The molecule has 3 atom stereocenters. The Morgan fingerprint density at radius 3 is 1.07 bits per heavy atom. The van der Waals surface area contributed by atoms with Gasteiger partial charge in [-0.15, -0.1) is 0 Å². The van der Waals surface area contributed by atoms with E-state index in [4.69, 9.17) is 9.05 Å². The second-order valence-electron chi connectivity index (χ2n) is 25.9. The molecule has 0 aromatic carbocycles. The third-order valence-electron chi connectivity index (χ3n) is 16.5. The first-order chi connectivity index (χ1) is 40.5. The second kappa shape index (κ2) is 64.7. The molecular formula is C74H141N2O6P. The van der Waals surface area contributed by atoms with Gasteiger partial charge < -0.3 is 28.8 Å². The summed E-state index contributed by atoms with van der Waals surface area (Å²) in [6, 6.07) is -0.887. The zero-order valence-electron chi connectivity index (χ0n) is 55.9. The molecule has 3 unspecified atom stereocenters. The lowest BCUT2D eigenvalue weighted by molar-refractivity contribution is -0.870. The molecule has 488 valence electrons. The molecule has 0 aliphatic heterocycles. The number of nitrogens with one attached hydrogen (secondary N) is 1. The van der Waals surface area contributed by atoms with Crippen molar-refractivity contribution in [3.63, 3.8) is 0 Å². The van der Waals surface area contributed by atoms with Gasteiger partial charge in [0.15, 0.2) is 0 Å². The maximum absolute atomic E-state index is 13.0. The number of aliphatic hydroxyl groups is 1. The predicted octanol–water partition coefficient (Wildman–Crippen LogP) is 22.5. The fourth-order valence-corrected chi connectivity index (χ4v) is 11.6. The van der Waals surface area contributed by atoms with Crippen molar-refractivity contribution >= 4 is 13.7 Å². The fourth-order valence-electron chi connectivity index (χ4n) is 10.9. The molecular weight excluding hydrogens is 1040 g/mol. The van der Waals surface area contributed by atoms with Crippen LogP contribution in [0.4, 0.5) is 0 Å². The standard InChI is InChI=1S/C74H141N2O6P/c1-6-8-10-12-14-16-18-20-22-24-26-28-30-31-32-33-34-35-36-37-38-39-40-41-42-43-44-45-46-48-50-52-54-56-58-60-62-64-66-68-74(78)75-72(71-82-83(79,80)81-70-69-76(3,4)5)73(77)67-65-63-61-59-57-55-53-51-49-47-29-27-25-23-21-19-17-15-13-11-9-7-2/h8,10,14,16,20,22,26,28,65,67,72-73,77H,6-7,9,11-13,15,17-19,21,23-25,27,29-64,66,68-71H2,1-5H3,(H-,75,78,79,80)/b10-8-,16-14-,22-20-,28-26-,67-65+. The van der Waals surface area contributed by atoms with Crippen LogP contribution < -0.4 is 10.2 Å². The topological polar surface area (TPSA) is 108 Å². The SMILES string of the molecule is CC/C=C\C/C=C\C/C=C\C/C=C\CCCCCCCCCCCCCCCCCCCCCCCCCCCCC(=O)NC(COP(=O)([O-])OCC[N+](C)(C)C)C(O)/C=C/CCCCCCCCCCCCCCCCCCCCCC. The Bertz CT molecular complexity index is 1540. The number of hydrogen-bond donors (Lipinski definition) is 2. The van der Waals surface area contributed by atoms with Crippen molar-refractivity contribution in [3.8, 4) is 0 Å². The van der Waals surface area contributed by atoms with E-state index in [0.717, 1.165) is 64.2 Å². The Labute approximate surface area is 517 Å². The van der Waals surface area contributed by atoms with Gasteiger partial charge in [-0.1, -0.05) is 351 Å². The lowest BCUT2D eigenvalue weighted by Crippen LogP contribution is -2.45. The molecule has 9 heteroatoms. The van der Waals surface area contributed by atoms with E-state index in [2.05, 4.69) is 67.8 Å². The van der Waals surface area contributed by atoms with Gasteiger partial charge in [-0.3, -0.25) is 9.36 Å². The van der Waals surface area contributed by atoms with Crippen LogP contribution in [0, 0.1) is 0 Å². The number of quaternary nitrogens is 1. The quantitative estimate of drug-likeness (QED) is 0.0272. The minimum absolute atomic E-state index is 0.000689. The van der Waals surface area contributed by atoms with Crippen LogP contribution in [0.1, 0.15) is 354 Å². The van der Waals surface area contributed by atoms with E-state index in [1.165, 1.54) is 270 Å². The summed E-state index contributed by atoms with van der Waals surface area (Å²) >= 11 is 0. The van der Waals surface area contributed by atoms with Gasteiger partial charge in [-0.2, -0.15) is 0 Å². The number of aliphatic hydroxyl groups excluding tert-OH is 1. The highest BCUT2D eigenvalue weighted by atomic mass is 31.2. The van der Waals surface area contributed by atoms with E-state index in [-0.39, 0.29) is 19.1 Å². The number of hydrogen-bond acceptors (Lipinski definition) is 6. The van der Waals surface area contributed by atoms with Crippen LogP contribution in [0.25, 0.3) is 0 Å². The van der Waals surface area contributed by atoms with Crippen molar-refractivity contribution in [3.05, 3.63) is 60.8 Å². The number of amides is 1. The number of phosphoric ester groups is 1. The molecule has 0 saturated carbocycles. The number of nitrogens with zero attached hydrogens (tertiary/aromatic N) is 1. The summed E-state index contributed by atoms with van der Waals surface area (Å²) in [7, 11) is 1.28. The average molecular weight is 1190 g/mol. The summed E-state index contributed by atoms with van der Waals surface area (Å²) in [6.45, 7) is 4.59. The molecule has 0 rings (SSSR count). The highest BCUT2D eigenvalue weighted by Gasteiger charge is 2.23. The Morgan fingerprint density at radius 2 is 0.735 bits per heavy atom. The molecule has 0 fully saturated rings. The number of allylic oxidation sites excluding steroid dienone is 9. The van der Waals surface area contributed by atoms with Crippen LogP contribution in [0.2, 0.25) is 0 Å². The van der Waals surface area contributed by atoms with Gasteiger partial charge in [0, 0.05) is 6.42 Å². The first-order valence-corrected chi connectivity index (χ1v) is 37.6. The number of carbonyl (C=O) groups is 1. The summed E-state index contributed by atoms with van der Waals surface area (Å²) in [5.74, 6) is -0.190. The third kappa shape index (κ3) is 67.6. The van der Waals surface area contributed by atoms with Crippen LogP contribution in [-0.4, -0.2) is 68.5 Å². The van der Waals surface area contributed by atoms with Crippen LogP contribution in [0.3, 0.4) is 0 Å². The summed E-state index contributed by atoms with van der Waals surface area (Å²) in [5.41, 5.74) is 0. The largest absolute Gasteiger partial charge is 0.756 e. The monoisotopic (exact) mass is 1190 g/mol. The molecule has 0 bridgehead atoms. The number of rotatable bonds is 67. The minimum Gasteiger partial charge on any atom is -0.756 e. The average Bonchev–Trinajstić information content (AvgIpc) is 3.50. The molecule has 0 aromatic rings. The minimum atomic E-state index is -4.60. The molecule has 0 aliphatic rings. The summed E-state index contributed by atoms with van der Waals surface area (Å²) in [6.07, 6.45) is 89.3. The first-order valence-electron chi connectivity index (χ1n) is 36.2. The van der Waals surface area contributed by atoms with Gasteiger partial charge in [-0.25, -0.2) is 0 Å². The molecule has 0 saturated heterocycles. The van der Waals surface area contributed by atoms with E-state index in [0.29, 0.717) is 17.4 Å². The molecule has 0 aromatic heterocycles. The number of carbonyl (C=O) groups excluding carboxylic acids is 1. The Kier molecular flexibility index (Phi) is 63.3. The van der Waals surface area contributed by atoms with E-state index < -0.39 is 20.0 Å². The van der Waals surface area contributed by atoms with Crippen molar-refractivity contribution in [1.82, 2.24) is 5.32 Å². The maximum Gasteiger partial charge on any atom is 0.268 e. The summed E-state index contributed by atoms with van der Waals surface area (Å²) < 4.78 is 23.5. The van der Waals surface area contributed by atoms with Crippen LogP contribution in [0.5, 0.6) is 0 Å². The number of unbranched alkanes of at least 4 members (excludes halogenated alkanes) is 46. The maximum atomic E-state index is 13.0. The van der Waals surface area contributed by atoms with Gasteiger partial charge in [0.05, 0.1) is 39.9 Å². The smallest absolute Gasteiger partial charge is 0.268 e. The molecule has 8 nitrogen and oxygen atoms in total.